The first kappa shape index (κ1) is 19.0. The standard InChI is InChI=1S/C25H27NSi/c1-20-6-12-23(13-7-20)26(24-14-8-21(2)9-15-24)25-16-10-22(11-17-25)18-19-27(3,4)5/h6-17H,1-5H3. The van der Waals surface area contributed by atoms with Gasteiger partial charge in [-0.25, -0.2) is 0 Å². The molecule has 3 rings (SSSR count). The largest absolute Gasteiger partial charge is 0.311 e. The fraction of sp³-hybridized carbons (Fsp3) is 0.200. The van der Waals surface area contributed by atoms with E-state index in [1.54, 1.807) is 0 Å². The molecule has 0 spiro atoms. The smallest absolute Gasteiger partial charge is 0.129 e. The van der Waals surface area contributed by atoms with Crippen molar-refractivity contribution < 1.29 is 0 Å². The summed E-state index contributed by atoms with van der Waals surface area (Å²) >= 11 is 0. The van der Waals surface area contributed by atoms with Crippen LogP contribution < -0.4 is 4.90 Å². The third-order valence-electron chi connectivity index (χ3n) is 4.29. The molecule has 3 aromatic rings. The molecule has 0 bridgehead atoms. The number of benzene rings is 3. The minimum atomic E-state index is -1.36. The summed E-state index contributed by atoms with van der Waals surface area (Å²) in [4.78, 5) is 2.29. The quantitative estimate of drug-likeness (QED) is 0.355. The van der Waals surface area contributed by atoms with E-state index in [4.69, 9.17) is 0 Å². The number of hydrogen-bond acceptors (Lipinski definition) is 1. The first-order chi connectivity index (χ1) is 12.8. The van der Waals surface area contributed by atoms with Crippen molar-refractivity contribution in [1.29, 1.82) is 0 Å². The zero-order valence-electron chi connectivity index (χ0n) is 16.9. The molecular formula is C25H27NSi. The van der Waals surface area contributed by atoms with Gasteiger partial charge in [0.05, 0.1) is 0 Å². The molecule has 0 N–H and O–H groups in total. The maximum atomic E-state index is 3.44. The lowest BCUT2D eigenvalue weighted by molar-refractivity contribution is 1.27. The summed E-state index contributed by atoms with van der Waals surface area (Å²) in [6.07, 6.45) is 0. The highest BCUT2D eigenvalue weighted by Gasteiger charge is 2.12. The zero-order valence-corrected chi connectivity index (χ0v) is 17.9. The van der Waals surface area contributed by atoms with Crippen LogP contribution in [-0.2, 0) is 0 Å². The van der Waals surface area contributed by atoms with E-state index in [2.05, 4.69) is 123 Å². The van der Waals surface area contributed by atoms with Crippen molar-refractivity contribution >= 4 is 25.1 Å². The van der Waals surface area contributed by atoms with E-state index in [9.17, 15) is 0 Å². The van der Waals surface area contributed by atoms with Crippen LogP contribution in [0.4, 0.5) is 17.1 Å². The Morgan fingerprint density at radius 3 is 1.33 bits per heavy atom. The molecule has 0 aliphatic carbocycles. The van der Waals surface area contributed by atoms with E-state index >= 15 is 0 Å². The minimum Gasteiger partial charge on any atom is -0.311 e. The predicted molar refractivity (Wildman–Crippen MR) is 121 cm³/mol. The van der Waals surface area contributed by atoms with Gasteiger partial charge in [-0.1, -0.05) is 61.0 Å². The van der Waals surface area contributed by atoms with Crippen molar-refractivity contribution in [2.75, 3.05) is 4.90 Å². The van der Waals surface area contributed by atoms with E-state index in [0.717, 1.165) is 22.6 Å². The summed E-state index contributed by atoms with van der Waals surface area (Å²) in [6.45, 7) is 11.0. The average molecular weight is 370 g/mol. The highest BCUT2D eigenvalue weighted by molar-refractivity contribution is 6.83. The third kappa shape index (κ3) is 5.12. The first-order valence-corrected chi connectivity index (χ1v) is 12.9. The van der Waals surface area contributed by atoms with Crippen LogP contribution in [0.3, 0.4) is 0 Å². The SMILES string of the molecule is Cc1ccc(N(c2ccc(C)cc2)c2ccc(C#C[Si](C)(C)C)cc2)cc1. The van der Waals surface area contributed by atoms with Crippen molar-refractivity contribution in [2.24, 2.45) is 0 Å². The van der Waals surface area contributed by atoms with Gasteiger partial charge in [0.1, 0.15) is 8.07 Å². The normalized spacial score (nSPS) is 10.9. The molecule has 0 atom stereocenters. The molecule has 0 saturated heterocycles. The second kappa shape index (κ2) is 7.86. The minimum absolute atomic E-state index is 1.08. The second-order valence-electron chi connectivity index (χ2n) is 8.05. The summed E-state index contributed by atoms with van der Waals surface area (Å²) in [5.74, 6) is 3.34. The Morgan fingerprint density at radius 1 is 0.593 bits per heavy atom. The molecule has 0 fully saturated rings. The fourth-order valence-corrected chi connectivity index (χ4v) is 3.31. The van der Waals surface area contributed by atoms with Gasteiger partial charge in [-0.05, 0) is 62.4 Å². The molecule has 1 nitrogen and oxygen atoms in total. The molecule has 0 aliphatic rings. The highest BCUT2D eigenvalue weighted by atomic mass is 28.3. The Hall–Kier alpha value is -2.76. The highest BCUT2D eigenvalue weighted by Crippen LogP contribution is 2.34. The summed E-state index contributed by atoms with van der Waals surface area (Å²) in [5.41, 5.74) is 10.5. The first-order valence-electron chi connectivity index (χ1n) is 9.38. The number of rotatable bonds is 3. The number of aryl methyl sites for hydroxylation is 2. The van der Waals surface area contributed by atoms with Gasteiger partial charge in [-0.15, -0.1) is 5.54 Å². The summed E-state index contributed by atoms with van der Waals surface area (Å²) in [6, 6.07) is 25.9. The predicted octanol–water partition coefficient (Wildman–Crippen LogP) is 7.00. The molecular weight excluding hydrogens is 342 g/mol. The molecule has 0 heterocycles. The Kier molecular flexibility index (Phi) is 5.53. The van der Waals surface area contributed by atoms with Crippen molar-refractivity contribution in [3.63, 3.8) is 0 Å². The number of nitrogens with zero attached hydrogens (tertiary/aromatic N) is 1. The molecule has 2 heteroatoms. The third-order valence-corrected chi connectivity index (χ3v) is 5.17. The van der Waals surface area contributed by atoms with E-state index in [1.807, 2.05) is 0 Å². The molecule has 0 radical (unpaired) electrons. The average Bonchev–Trinajstić information content (AvgIpc) is 2.64. The van der Waals surface area contributed by atoms with Gasteiger partial charge in [0.25, 0.3) is 0 Å². The molecule has 0 aliphatic heterocycles. The van der Waals surface area contributed by atoms with E-state index in [-0.39, 0.29) is 0 Å². The van der Waals surface area contributed by atoms with E-state index in [1.165, 1.54) is 11.1 Å². The fourth-order valence-electron chi connectivity index (χ4n) is 2.79. The lowest BCUT2D eigenvalue weighted by Crippen LogP contribution is -2.16. The van der Waals surface area contributed by atoms with Crippen molar-refractivity contribution in [2.45, 2.75) is 33.5 Å². The molecule has 27 heavy (non-hydrogen) atoms. The topological polar surface area (TPSA) is 3.24 Å². The van der Waals surface area contributed by atoms with Crippen LogP contribution >= 0.6 is 0 Å². The number of anilines is 3. The molecule has 3 aromatic carbocycles. The zero-order chi connectivity index (χ0) is 19.4. The van der Waals surface area contributed by atoms with Crippen LogP contribution in [0.25, 0.3) is 0 Å². The van der Waals surface area contributed by atoms with Gasteiger partial charge in [-0.2, -0.15) is 0 Å². The summed E-state index contributed by atoms with van der Waals surface area (Å²) < 4.78 is 0. The van der Waals surface area contributed by atoms with E-state index in [0.29, 0.717) is 0 Å². The lowest BCUT2D eigenvalue weighted by Gasteiger charge is -2.25. The molecule has 0 unspecified atom stereocenters. The summed E-state index contributed by atoms with van der Waals surface area (Å²) in [5, 5.41) is 0. The van der Waals surface area contributed by atoms with Crippen LogP contribution in [0, 0.1) is 25.3 Å². The maximum Gasteiger partial charge on any atom is 0.129 e. The maximum absolute atomic E-state index is 3.44. The van der Waals surface area contributed by atoms with Crippen LogP contribution in [-0.4, -0.2) is 8.07 Å². The van der Waals surface area contributed by atoms with Crippen LogP contribution in [0.5, 0.6) is 0 Å². The van der Waals surface area contributed by atoms with Crippen LogP contribution in [0.2, 0.25) is 19.6 Å². The van der Waals surface area contributed by atoms with Crippen molar-refractivity contribution in [3.8, 4) is 11.5 Å². The molecule has 0 aromatic heterocycles. The molecule has 0 amide bonds. The summed E-state index contributed by atoms with van der Waals surface area (Å²) in [7, 11) is -1.36. The molecule has 136 valence electrons. The molecule has 0 saturated carbocycles. The van der Waals surface area contributed by atoms with Crippen LogP contribution in [0.1, 0.15) is 16.7 Å². The van der Waals surface area contributed by atoms with Gasteiger partial charge in [-0.3, -0.25) is 0 Å². The van der Waals surface area contributed by atoms with Crippen LogP contribution in [0.15, 0.2) is 72.8 Å². The van der Waals surface area contributed by atoms with Crippen molar-refractivity contribution in [1.82, 2.24) is 0 Å². The van der Waals surface area contributed by atoms with Crippen molar-refractivity contribution in [3.05, 3.63) is 89.5 Å². The Balaban J connectivity index is 2.01. The number of hydrogen-bond donors (Lipinski definition) is 0. The van der Waals surface area contributed by atoms with Gasteiger partial charge < -0.3 is 4.90 Å². The second-order valence-corrected chi connectivity index (χ2v) is 12.8. The van der Waals surface area contributed by atoms with Gasteiger partial charge in [0, 0.05) is 22.6 Å². The van der Waals surface area contributed by atoms with Gasteiger partial charge in [0.15, 0.2) is 0 Å². The lowest BCUT2D eigenvalue weighted by atomic mass is 10.1. The van der Waals surface area contributed by atoms with Gasteiger partial charge in [0.2, 0.25) is 0 Å². The van der Waals surface area contributed by atoms with E-state index < -0.39 is 8.07 Å². The van der Waals surface area contributed by atoms with Gasteiger partial charge >= 0.3 is 0 Å². The Labute approximate surface area is 164 Å². The Bertz CT molecular complexity index is 905. The Morgan fingerprint density at radius 2 is 0.963 bits per heavy atom. The monoisotopic (exact) mass is 369 g/mol.